The van der Waals surface area contributed by atoms with E-state index in [4.69, 9.17) is 28.4 Å². The van der Waals surface area contributed by atoms with E-state index < -0.39 is 0 Å². The third-order valence-electron chi connectivity index (χ3n) is 5.72. The summed E-state index contributed by atoms with van der Waals surface area (Å²) in [7, 11) is 0. The SMILES string of the molecule is CCCCCCCCCCCCCCCCOCCOCCOCCOCCOCCOCCBr. The second-order valence-electron chi connectivity index (χ2n) is 8.96. The molecule has 0 aliphatic rings. The van der Waals surface area contributed by atoms with Gasteiger partial charge < -0.3 is 28.4 Å². The van der Waals surface area contributed by atoms with Crippen molar-refractivity contribution in [2.45, 2.75) is 96.8 Å². The molecule has 0 aliphatic heterocycles. The lowest BCUT2D eigenvalue weighted by molar-refractivity contribution is -0.0162. The fourth-order valence-electron chi connectivity index (χ4n) is 3.65. The monoisotopic (exact) mass is 568 g/mol. The highest BCUT2D eigenvalue weighted by Crippen LogP contribution is 2.12. The minimum absolute atomic E-state index is 0.575. The van der Waals surface area contributed by atoms with Crippen LogP contribution in [0.3, 0.4) is 0 Å². The van der Waals surface area contributed by atoms with E-state index in [-0.39, 0.29) is 0 Å². The van der Waals surface area contributed by atoms with E-state index >= 15 is 0 Å². The second kappa shape index (κ2) is 34.2. The lowest BCUT2D eigenvalue weighted by atomic mass is 10.0. The fraction of sp³-hybridized carbons (Fsp3) is 1.00. The van der Waals surface area contributed by atoms with Gasteiger partial charge in [0.25, 0.3) is 0 Å². The Morgan fingerprint density at radius 2 is 0.571 bits per heavy atom. The van der Waals surface area contributed by atoms with Crippen molar-refractivity contribution in [3.8, 4) is 0 Å². The van der Waals surface area contributed by atoms with Crippen molar-refractivity contribution in [3.05, 3.63) is 0 Å². The lowest BCUT2D eigenvalue weighted by Crippen LogP contribution is -2.14. The van der Waals surface area contributed by atoms with Gasteiger partial charge in [-0.15, -0.1) is 0 Å². The summed E-state index contributed by atoms with van der Waals surface area (Å²) in [4.78, 5) is 0. The molecule has 0 heterocycles. The number of ether oxygens (including phenoxy) is 6. The molecule has 0 saturated carbocycles. The summed E-state index contributed by atoms with van der Waals surface area (Å²) in [6.45, 7) is 9.88. The van der Waals surface area contributed by atoms with Crippen LogP contribution in [0.15, 0.2) is 0 Å². The van der Waals surface area contributed by atoms with Gasteiger partial charge in [-0.2, -0.15) is 0 Å². The standard InChI is InChI=1S/C28H57BrO6/c1-2-3-4-5-6-7-8-9-10-11-12-13-14-15-17-30-19-21-32-23-25-34-27-28-35-26-24-33-22-20-31-18-16-29/h2-28H2,1H3. The van der Waals surface area contributed by atoms with Crippen LogP contribution in [-0.2, 0) is 28.4 Å². The molecule has 0 saturated heterocycles. The van der Waals surface area contributed by atoms with E-state index in [9.17, 15) is 0 Å². The zero-order valence-electron chi connectivity index (χ0n) is 22.9. The molecule has 0 spiro atoms. The van der Waals surface area contributed by atoms with Crippen LogP contribution in [0.1, 0.15) is 96.8 Å². The van der Waals surface area contributed by atoms with Crippen LogP contribution in [0, 0.1) is 0 Å². The molecule has 6 nitrogen and oxygen atoms in total. The smallest absolute Gasteiger partial charge is 0.0701 e. The highest BCUT2D eigenvalue weighted by molar-refractivity contribution is 9.09. The normalized spacial score (nSPS) is 11.5. The summed E-state index contributed by atoms with van der Waals surface area (Å²) in [6.07, 6.45) is 19.4. The first-order valence-corrected chi connectivity index (χ1v) is 15.6. The summed E-state index contributed by atoms with van der Waals surface area (Å²) in [5.74, 6) is 0. The van der Waals surface area contributed by atoms with Gasteiger partial charge in [-0.05, 0) is 6.42 Å². The topological polar surface area (TPSA) is 55.4 Å². The Labute approximate surface area is 225 Å². The molecule has 7 heteroatoms. The van der Waals surface area contributed by atoms with Gasteiger partial charge in [0.05, 0.1) is 72.7 Å². The minimum atomic E-state index is 0.575. The first kappa shape index (κ1) is 35.2. The molecule has 0 aromatic heterocycles. The molecule has 0 N–H and O–H groups in total. The van der Waals surface area contributed by atoms with Crippen molar-refractivity contribution in [2.24, 2.45) is 0 Å². The molecular formula is C28H57BrO6. The first-order chi connectivity index (χ1) is 17.4. The van der Waals surface area contributed by atoms with Gasteiger partial charge in [-0.1, -0.05) is 106 Å². The summed E-state index contributed by atoms with van der Waals surface area (Å²) in [6, 6.07) is 0. The second-order valence-corrected chi connectivity index (χ2v) is 9.75. The Morgan fingerprint density at radius 1 is 0.314 bits per heavy atom. The van der Waals surface area contributed by atoms with Crippen LogP contribution < -0.4 is 0 Å². The minimum Gasteiger partial charge on any atom is -0.379 e. The summed E-state index contributed by atoms with van der Waals surface area (Å²) in [5, 5.41) is 0.856. The molecule has 0 fully saturated rings. The van der Waals surface area contributed by atoms with Crippen LogP contribution in [0.4, 0.5) is 0 Å². The summed E-state index contributed by atoms with van der Waals surface area (Å²) >= 11 is 3.31. The van der Waals surface area contributed by atoms with Gasteiger partial charge >= 0.3 is 0 Å². The molecule has 0 radical (unpaired) electrons. The maximum atomic E-state index is 5.65. The van der Waals surface area contributed by atoms with Gasteiger partial charge in [0.1, 0.15) is 0 Å². The van der Waals surface area contributed by atoms with Crippen LogP contribution in [0.2, 0.25) is 0 Å². The van der Waals surface area contributed by atoms with Gasteiger partial charge in [0.2, 0.25) is 0 Å². The maximum absolute atomic E-state index is 5.65. The van der Waals surface area contributed by atoms with Crippen molar-refractivity contribution < 1.29 is 28.4 Å². The van der Waals surface area contributed by atoms with E-state index in [1.165, 1.54) is 83.5 Å². The Hall–Kier alpha value is 0.240. The molecule has 0 aromatic carbocycles. The highest BCUT2D eigenvalue weighted by Gasteiger charge is 1.96. The van der Waals surface area contributed by atoms with Crippen molar-refractivity contribution in [2.75, 3.05) is 84.6 Å². The van der Waals surface area contributed by atoms with Crippen LogP contribution in [-0.4, -0.2) is 84.6 Å². The predicted octanol–water partition coefficient (Wildman–Crippen LogP) is 6.96. The summed E-state index contributed by atoms with van der Waals surface area (Å²) in [5.41, 5.74) is 0. The van der Waals surface area contributed by atoms with E-state index in [1.54, 1.807) is 0 Å². The largest absolute Gasteiger partial charge is 0.379 e. The van der Waals surface area contributed by atoms with Gasteiger partial charge in [0, 0.05) is 11.9 Å². The van der Waals surface area contributed by atoms with Crippen molar-refractivity contribution in [1.29, 1.82) is 0 Å². The summed E-state index contributed by atoms with van der Waals surface area (Å²) < 4.78 is 32.8. The zero-order chi connectivity index (χ0) is 25.3. The third-order valence-corrected chi connectivity index (χ3v) is 6.05. The number of hydrogen-bond donors (Lipinski definition) is 0. The Kier molecular flexibility index (Phi) is 34.5. The van der Waals surface area contributed by atoms with Gasteiger partial charge in [0.15, 0.2) is 0 Å². The van der Waals surface area contributed by atoms with Crippen molar-refractivity contribution >= 4 is 15.9 Å². The molecule has 0 atom stereocenters. The van der Waals surface area contributed by atoms with Gasteiger partial charge in [-0.3, -0.25) is 0 Å². The molecule has 0 bridgehead atoms. The quantitative estimate of drug-likeness (QED) is 0.0645. The molecule has 0 aromatic rings. The lowest BCUT2D eigenvalue weighted by Gasteiger charge is -2.08. The van der Waals surface area contributed by atoms with Crippen LogP contribution in [0.5, 0.6) is 0 Å². The Morgan fingerprint density at radius 3 is 0.886 bits per heavy atom. The number of hydrogen-bond acceptors (Lipinski definition) is 6. The Balaban J connectivity index is 3.00. The number of halogens is 1. The van der Waals surface area contributed by atoms with Crippen LogP contribution >= 0.6 is 15.9 Å². The van der Waals surface area contributed by atoms with E-state index in [2.05, 4.69) is 22.9 Å². The average Bonchev–Trinajstić information content (AvgIpc) is 2.87. The number of rotatable bonds is 32. The van der Waals surface area contributed by atoms with Crippen molar-refractivity contribution in [1.82, 2.24) is 0 Å². The molecular weight excluding hydrogens is 512 g/mol. The molecule has 0 aliphatic carbocycles. The zero-order valence-corrected chi connectivity index (χ0v) is 24.5. The first-order valence-electron chi connectivity index (χ1n) is 14.4. The fourth-order valence-corrected chi connectivity index (χ4v) is 3.88. The van der Waals surface area contributed by atoms with E-state index in [0.717, 1.165) is 18.4 Å². The molecule has 0 amide bonds. The highest BCUT2D eigenvalue weighted by atomic mass is 79.9. The average molecular weight is 570 g/mol. The van der Waals surface area contributed by atoms with Crippen molar-refractivity contribution in [3.63, 3.8) is 0 Å². The third kappa shape index (κ3) is 34.2. The predicted molar refractivity (Wildman–Crippen MR) is 149 cm³/mol. The van der Waals surface area contributed by atoms with Crippen LogP contribution in [0.25, 0.3) is 0 Å². The number of unbranched alkanes of at least 4 members (excludes halogenated alkanes) is 13. The molecule has 0 rings (SSSR count). The molecule has 0 unspecified atom stereocenters. The molecule has 212 valence electrons. The Bertz CT molecular complexity index is 330. The molecule has 35 heavy (non-hydrogen) atoms. The van der Waals surface area contributed by atoms with E-state index in [1.807, 2.05) is 0 Å². The van der Waals surface area contributed by atoms with Gasteiger partial charge in [-0.25, -0.2) is 0 Å². The maximum Gasteiger partial charge on any atom is 0.0701 e. The number of alkyl halides is 1. The van der Waals surface area contributed by atoms with E-state index in [0.29, 0.717) is 72.7 Å².